The minimum absolute atomic E-state index is 0.720. The molecule has 0 aromatic heterocycles. The van der Waals surface area contributed by atoms with Crippen LogP contribution in [0.2, 0.25) is 0 Å². The Bertz CT molecular complexity index is 1530. The second-order valence-electron chi connectivity index (χ2n) is 16.6. The summed E-state index contributed by atoms with van der Waals surface area (Å²) in [7, 11) is 0. The van der Waals surface area contributed by atoms with Gasteiger partial charge in [0, 0.05) is 32.9 Å². The lowest BCUT2D eigenvalue weighted by molar-refractivity contribution is 0.302. The molecule has 0 unspecified atom stereocenters. The Hall–Kier alpha value is -2.36. The van der Waals surface area contributed by atoms with Gasteiger partial charge in [0.25, 0.3) is 0 Å². The Balaban J connectivity index is 1.05. The Labute approximate surface area is 339 Å². The van der Waals surface area contributed by atoms with Gasteiger partial charge in [-0.1, -0.05) is 158 Å². The molecule has 0 amide bonds. The van der Waals surface area contributed by atoms with Crippen LogP contribution >= 0.6 is 31.9 Å². The summed E-state index contributed by atoms with van der Waals surface area (Å²) < 4.78 is 8.96. The summed E-state index contributed by atoms with van der Waals surface area (Å²) >= 11 is 7.49. The average molecular weight is 841 g/mol. The van der Waals surface area contributed by atoms with Crippen molar-refractivity contribution in [3.63, 3.8) is 0 Å². The highest BCUT2D eigenvalue weighted by atomic mass is 79.9. The van der Waals surface area contributed by atoms with Crippen molar-refractivity contribution in [1.82, 2.24) is 0 Å². The van der Waals surface area contributed by atoms with Crippen molar-refractivity contribution in [3.8, 4) is 11.5 Å². The van der Waals surface area contributed by atoms with Crippen LogP contribution in [0.5, 0.6) is 11.5 Å². The van der Waals surface area contributed by atoms with E-state index in [-0.39, 0.29) is 0 Å². The fourth-order valence-corrected chi connectivity index (χ4v) is 10.1. The third-order valence-electron chi connectivity index (χ3n) is 12.6. The topological polar surface area (TPSA) is 9.23 Å². The van der Waals surface area contributed by atoms with Gasteiger partial charge in [-0.3, -0.25) is 0 Å². The molecule has 2 saturated carbocycles. The van der Waals surface area contributed by atoms with Gasteiger partial charge in [-0.25, -0.2) is 0 Å². The summed E-state index contributed by atoms with van der Waals surface area (Å²) in [6, 6.07) is 31.9. The van der Waals surface area contributed by atoms with Gasteiger partial charge in [0.05, 0.1) is 0 Å². The summed E-state index contributed by atoms with van der Waals surface area (Å²) in [6.07, 6.45) is 26.7. The van der Waals surface area contributed by atoms with Gasteiger partial charge in [0.1, 0.15) is 11.5 Å². The van der Waals surface area contributed by atoms with E-state index in [0.29, 0.717) is 0 Å². The average Bonchev–Trinajstić information content (AvgIpc) is 3.18. The first kappa shape index (κ1) is 40.3. The molecule has 4 aromatic carbocycles. The lowest BCUT2D eigenvalue weighted by atomic mass is 9.77. The highest BCUT2D eigenvalue weighted by molar-refractivity contribution is 9.10. The maximum Gasteiger partial charge on any atom is 0.131 e. The van der Waals surface area contributed by atoms with Crippen LogP contribution in [0.4, 0.5) is 0 Å². The normalized spacial score (nSPS) is 20.4. The molecule has 0 radical (unpaired) electrons. The van der Waals surface area contributed by atoms with Crippen LogP contribution in [0, 0.1) is 11.8 Å². The van der Waals surface area contributed by atoms with Crippen molar-refractivity contribution < 1.29 is 4.74 Å². The molecule has 0 bridgehead atoms. The van der Waals surface area contributed by atoms with Crippen LogP contribution < -0.4 is 4.74 Å². The second-order valence-corrected chi connectivity index (χ2v) is 18.4. The van der Waals surface area contributed by atoms with Gasteiger partial charge in [-0.15, -0.1) is 0 Å². The predicted molar refractivity (Wildman–Crippen MR) is 234 cm³/mol. The lowest BCUT2D eigenvalue weighted by Crippen LogP contribution is -2.13. The second kappa shape index (κ2) is 21.1. The van der Waals surface area contributed by atoms with Crippen LogP contribution in [-0.2, 0) is 12.8 Å². The van der Waals surface area contributed by atoms with Crippen LogP contribution in [0.25, 0.3) is 0 Å². The minimum Gasteiger partial charge on any atom is -0.457 e. The van der Waals surface area contributed by atoms with E-state index < -0.39 is 0 Å². The van der Waals surface area contributed by atoms with Crippen LogP contribution in [0.1, 0.15) is 175 Å². The molecule has 0 N–H and O–H groups in total. The summed E-state index contributed by atoms with van der Waals surface area (Å²) in [5, 5.41) is 0. The molecule has 284 valence electrons. The zero-order valence-corrected chi connectivity index (χ0v) is 35.9. The maximum absolute atomic E-state index is 6.79. The minimum atomic E-state index is 0.720. The van der Waals surface area contributed by atoms with Gasteiger partial charge in [-0.2, -0.15) is 0 Å². The largest absolute Gasteiger partial charge is 0.457 e. The van der Waals surface area contributed by atoms with Crippen molar-refractivity contribution in [1.29, 1.82) is 0 Å². The zero-order chi connectivity index (χ0) is 36.8. The number of benzene rings is 4. The predicted octanol–water partition coefficient (Wildman–Crippen LogP) is 16.7. The maximum atomic E-state index is 6.79. The fourth-order valence-electron chi connectivity index (χ4n) is 9.23. The molecule has 2 fully saturated rings. The van der Waals surface area contributed by atoms with E-state index in [1.807, 2.05) is 0 Å². The third kappa shape index (κ3) is 12.3. The molecule has 4 aromatic rings. The summed E-state index contributed by atoms with van der Waals surface area (Å²) in [5.74, 6) is 5.20. The van der Waals surface area contributed by atoms with E-state index >= 15 is 0 Å². The van der Waals surface area contributed by atoms with Crippen molar-refractivity contribution in [2.75, 3.05) is 0 Å². The molecule has 1 nitrogen and oxygen atoms in total. The van der Waals surface area contributed by atoms with Crippen molar-refractivity contribution in [2.45, 2.75) is 154 Å². The molecule has 0 atom stereocenters. The van der Waals surface area contributed by atoms with E-state index in [2.05, 4.69) is 131 Å². The first-order valence-electron chi connectivity index (χ1n) is 21.4. The Morgan fingerprint density at radius 1 is 0.472 bits per heavy atom. The van der Waals surface area contributed by atoms with Crippen molar-refractivity contribution >= 4 is 31.9 Å². The van der Waals surface area contributed by atoms with E-state index in [4.69, 9.17) is 4.74 Å². The molecule has 53 heavy (non-hydrogen) atoms. The Kier molecular flexibility index (Phi) is 16.0. The lowest BCUT2D eigenvalue weighted by Gasteiger charge is -2.29. The first-order chi connectivity index (χ1) is 26.0. The number of hydrogen-bond donors (Lipinski definition) is 0. The van der Waals surface area contributed by atoms with Crippen LogP contribution in [-0.4, -0.2) is 0 Å². The standard InChI is InChI=1S/C50H64Br2O/c1-3-5-7-9-11-37-13-21-41(22-14-37)43-25-17-39(18-26-43)33-45-35-47(51)29-31-49(45)53-50-32-30-48(52)36-46(50)34-40-19-27-44(28-20-40)42-23-15-38(16-24-42)12-10-8-6-4-2/h17-20,25-32,35-38,41-42H,3-16,21-24,33-34H2,1-2H3. The van der Waals surface area contributed by atoms with E-state index in [0.717, 1.165) is 57.0 Å². The van der Waals surface area contributed by atoms with E-state index in [9.17, 15) is 0 Å². The molecule has 0 aliphatic heterocycles. The van der Waals surface area contributed by atoms with Crippen molar-refractivity contribution in [3.05, 3.63) is 127 Å². The number of hydrogen-bond acceptors (Lipinski definition) is 1. The molecule has 3 heteroatoms. The van der Waals surface area contributed by atoms with Gasteiger partial charge in [0.15, 0.2) is 0 Å². The van der Waals surface area contributed by atoms with Gasteiger partial charge in [-0.05, 0) is 134 Å². The molecule has 2 aliphatic carbocycles. The smallest absolute Gasteiger partial charge is 0.131 e. The molecular formula is C50H64Br2O. The molecule has 0 saturated heterocycles. The third-order valence-corrected chi connectivity index (χ3v) is 13.6. The van der Waals surface area contributed by atoms with Crippen LogP contribution in [0.3, 0.4) is 0 Å². The SMILES string of the molecule is CCCCCCC1CCC(c2ccc(Cc3cc(Br)ccc3Oc3ccc(Br)cc3Cc3ccc(C4CCC(CCCCCC)CC4)cc3)cc2)CC1. The molecule has 0 heterocycles. The molecule has 6 rings (SSSR count). The van der Waals surface area contributed by atoms with Gasteiger partial charge in [0.2, 0.25) is 0 Å². The summed E-state index contributed by atoms with van der Waals surface area (Å²) in [5.41, 5.74) is 8.11. The molecular weight excluding hydrogens is 776 g/mol. The highest BCUT2D eigenvalue weighted by Crippen LogP contribution is 2.40. The van der Waals surface area contributed by atoms with Crippen LogP contribution in [0.15, 0.2) is 93.9 Å². The van der Waals surface area contributed by atoms with Crippen molar-refractivity contribution in [2.24, 2.45) is 11.8 Å². The Morgan fingerprint density at radius 2 is 0.868 bits per heavy atom. The quantitative estimate of drug-likeness (QED) is 0.0907. The number of unbranched alkanes of at least 4 members (excludes halogenated alkanes) is 6. The molecule has 0 spiro atoms. The van der Waals surface area contributed by atoms with E-state index in [1.165, 1.54) is 149 Å². The number of rotatable bonds is 18. The van der Waals surface area contributed by atoms with Gasteiger partial charge < -0.3 is 4.74 Å². The molecule has 2 aliphatic rings. The first-order valence-corrected chi connectivity index (χ1v) is 23.0. The number of ether oxygens (including phenoxy) is 1. The van der Waals surface area contributed by atoms with Gasteiger partial charge >= 0.3 is 0 Å². The number of halogens is 2. The summed E-state index contributed by atoms with van der Waals surface area (Å²) in [6.45, 7) is 4.62. The summed E-state index contributed by atoms with van der Waals surface area (Å²) in [4.78, 5) is 0. The highest BCUT2D eigenvalue weighted by Gasteiger charge is 2.23. The van der Waals surface area contributed by atoms with E-state index in [1.54, 1.807) is 0 Å². The Morgan fingerprint density at radius 3 is 1.25 bits per heavy atom. The monoisotopic (exact) mass is 838 g/mol. The zero-order valence-electron chi connectivity index (χ0n) is 32.7. The fraction of sp³-hybridized carbons (Fsp3) is 0.520.